The Balaban J connectivity index is 1.86. The Hall–Kier alpha value is -2.79. The van der Waals surface area contributed by atoms with E-state index in [-0.39, 0.29) is 30.2 Å². The van der Waals surface area contributed by atoms with Crippen molar-refractivity contribution in [2.75, 3.05) is 18.5 Å². The van der Waals surface area contributed by atoms with Crippen LogP contribution in [-0.4, -0.2) is 24.4 Å². The SMILES string of the molecule is N#Cc1c(F)cccc1NCC(O)COc1ccc(C(F)(F)F)cc1. The lowest BCUT2D eigenvalue weighted by Crippen LogP contribution is -2.26. The Kier molecular flexibility index (Phi) is 5.83. The van der Waals surface area contributed by atoms with Gasteiger partial charge in [0.2, 0.25) is 0 Å². The van der Waals surface area contributed by atoms with Crippen LogP contribution in [0.5, 0.6) is 5.75 Å². The van der Waals surface area contributed by atoms with Crippen molar-refractivity contribution in [1.82, 2.24) is 0 Å². The number of ether oxygens (including phenoxy) is 1. The van der Waals surface area contributed by atoms with E-state index < -0.39 is 23.7 Å². The number of alkyl halides is 3. The lowest BCUT2D eigenvalue weighted by Gasteiger charge is -2.15. The minimum atomic E-state index is -4.43. The molecule has 0 radical (unpaired) electrons. The molecule has 4 nitrogen and oxygen atoms in total. The predicted molar refractivity (Wildman–Crippen MR) is 82.6 cm³/mol. The molecule has 0 aliphatic heterocycles. The van der Waals surface area contributed by atoms with E-state index in [1.807, 2.05) is 0 Å². The fourth-order valence-corrected chi connectivity index (χ4v) is 2.00. The third-order valence-electron chi connectivity index (χ3n) is 3.28. The molecule has 0 saturated heterocycles. The first-order chi connectivity index (χ1) is 11.8. The smallest absolute Gasteiger partial charge is 0.416 e. The number of nitrogens with zero attached hydrogens (tertiary/aromatic N) is 1. The van der Waals surface area contributed by atoms with E-state index in [1.165, 1.54) is 12.1 Å². The number of aliphatic hydroxyl groups excluding tert-OH is 1. The number of halogens is 4. The highest BCUT2D eigenvalue weighted by Gasteiger charge is 2.30. The van der Waals surface area contributed by atoms with Gasteiger partial charge in [0, 0.05) is 6.54 Å². The van der Waals surface area contributed by atoms with Crippen LogP contribution >= 0.6 is 0 Å². The number of hydrogen-bond donors (Lipinski definition) is 2. The van der Waals surface area contributed by atoms with Crippen LogP contribution in [0.25, 0.3) is 0 Å². The molecule has 2 N–H and O–H groups in total. The van der Waals surface area contributed by atoms with Crippen LogP contribution in [-0.2, 0) is 6.18 Å². The number of nitriles is 1. The van der Waals surface area contributed by atoms with E-state index >= 15 is 0 Å². The Morgan fingerprint density at radius 1 is 1.16 bits per heavy atom. The molecule has 2 aromatic rings. The largest absolute Gasteiger partial charge is 0.491 e. The number of nitrogens with one attached hydrogen (secondary N) is 1. The summed E-state index contributed by atoms with van der Waals surface area (Å²) in [5, 5.41) is 21.5. The molecule has 1 unspecified atom stereocenters. The van der Waals surface area contributed by atoms with Crippen LogP contribution in [0.2, 0.25) is 0 Å². The summed E-state index contributed by atoms with van der Waals surface area (Å²) < 4.78 is 56.0. The summed E-state index contributed by atoms with van der Waals surface area (Å²) in [6, 6.07) is 9.85. The van der Waals surface area contributed by atoms with Crippen LogP contribution in [0.1, 0.15) is 11.1 Å². The zero-order valence-corrected chi connectivity index (χ0v) is 12.8. The summed E-state index contributed by atoms with van der Waals surface area (Å²) in [7, 11) is 0. The molecule has 8 heteroatoms. The maximum atomic E-state index is 13.4. The van der Waals surface area contributed by atoms with Gasteiger partial charge in [-0.1, -0.05) is 6.07 Å². The molecular weight excluding hydrogens is 340 g/mol. The third kappa shape index (κ3) is 5.09. The number of anilines is 1. The number of aliphatic hydroxyl groups is 1. The summed E-state index contributed by atoms with van der Waals surface area (Å²) in [6.07, 6.45) is -5.44. The molecule has 0 aliphatic carbocycles. The van der Waals surface area contributed by atoms with Gasteiger partial charge in [-0.3, -0.25) is 0 Å². The standard InChI is InChI=1S/C17H14F4N2O2/c18-15-2-1-3-16(14(15)8-22)23-9-12(24)10-25-13-6-4-11(5-7-13)17(19,20)21/h1-7,12,23-24H,9-10H2. The van der Waals surface area contributed by atoms with Gasteiger partial charge in [0.15, 0.2) is 0 Å². The number of rotatable bonds is 6. The van der Waals surface area contributed by atoms with Crippen LogP contribution in [0.15, 0.2) is 42.5 Å². The van der Waals surface area contributed by atoms with E-state index in [1.54, 1.807) is 6.07 Å². The van der Waals surface area contributed by atoms with Crippen molar-refractivity contribution in [2.45, 2.75) is 12.3 Å². The van der Waals surface area contributed by atoms with Crippen LogP contribution in [0, 0.1) is 17.1 Å². The summed E-state index contributed by atoms with van der Waals surface area (Å²) in [6.45, 7) is -0.214. The van der Waals surface area contributed by atoms with E-state index in [0.29, 0.717) is 0 Å². The Morgan fingerprint density at radius 3 is 2.44 bits per heavy atom. The van der Waals surface area contributed by atoms with Crippen molar-refractivity contribution in [3.05, 3.63) is 59.4 Å². The number of hydrogen-bond acceptors (Lipinski definition) is 4. The van der Waals surface area contributed by atoms with Gasteiger partial charge >= 0.3 is 6.18 Å². The molecule has 2 aromatic carbocycles. The molecule has 1 atom stereocenters. The van der Waals surface area contributed by atoms with Crippen LogP contribution in [0.3, 0.4) is 0 Å². The molecule has 2 rings (SSSR count). The summed E-state index contributed by atoms with van der Waals surface area (Å²) in [5.74, 6) is -0.501. The highest BCUT2D eigenvalue weighted by Crippen LogP contribution is 2.30. The molecule has 132 valence electrons. The molecule has 25 heavy (non-hydrogen) atoms. The lowest BCUT2D eigenvalue weighted by atomic mass is 10.2. The molecule has 0 spiro atoms. The van der Waals surface area contributed by atoms with Gasteiger partial charge in [-0.05, 0) is 36.4 Å². The van der Waals surface area contributed by atoms with E-state index in [2.05, 4.69) is 5.32 Å². The van der Waals surface area contributed by atoms with Crippen LogP contribution in [0.4, 0.5) is 23.2 Å². The molecule has 0 bridgehead atoms. The maximum absolute atomic E-state index is 13.4. The highest BCUT2D eigenvalue weighted by molar-refractivity contribution is 5.57. The average Bonchev–Trinajstić information content (AvgIpc) is 2.57. The number of benzene rings is 2. The first-order valence-electron chi connectivity index (χ1n) is 7.22. The van der Waals surface area contributed by atoms with E-state index in [4.69, 9.17) is 10.00 Å². The fraction of sp³-hybridized carbons (Fsp3) is 0.235. The summed E-state index contributed by atoms with van der Waals surface area (Å²) in [4.78, 5) is 0. The zero-order valence-electron chi connectivity index (χ0n) is 12.8. The average molecular weight is 354 g/mol. The monoisotopic (exact) mass is 354 g/mol. The second-order valence-electron chi connectivity index (χ2n) is 5.14. The quantitative estimate of drug-likeness (QED) is 0.779. The van der Waals surface area contributed by atoms with Gasteiger partial charge in [-0.15, -0.1) is 0 Å². The minimum absolute atomic E-state index is 0.0290. The second-order valence-corrected chi connectivity index (χ2v) is 5.14. The van der Waals surface area contributed by atoms with Gasteiger partial charge in [0.25, 0.3) is 0 Å². The van der Waals surface area contributed by atoms with Gasteiger partial charge in [-0.2, -0.15) is 18.4 Å². The molecule has 0 aromatic heterocycles. The van der Waals surface area contributed by atoms with E-state index in [9.17, 15) is 22.7 Å². The maximum Gasteiger partial charge on any atom is 0.416 e. The first-order valence-corrected chi connectivity index (χ1v) is 7.22. The van der Waals surface area contributed by atoms with Gasteiger partial charge in [0.05, 0.1) is 11.3 Å². The molecule has 0 aliphatic rings. The van der Waals surface area contributed by atoms with Gasteiger partial charge < -0.3 is 15.2 Å². The Labute approximate surface area is 141 Å². The van der Waals surface area contributed by atoms with Crippen molar-refractivity contribution in [3.8, 4) is 11.8 Å². The Morgan fingerprint density at radius 2 is 1.84 bits per heavy atom. The van der Waals surface area contributed by atoms with Gasteiger partial charge in [-0.25, -0.2) is 4.39 Å². The fourth-order valence-electron chi connectivity index (χ4n) is 2.00. The van der Waals surface area contributed by atoms with Crippen molar-refractivity contribution < 1.29 is 27.4 Å². The van der Waals surface area contributed by atoms with Gasteiger partial charge in [0.1, 0.15) is 35.9 Å². The normalized spacial score (nSPS) is 12.3. The first kappa shape index (κ1) is 18.5. The molecule has 0 fully saturated rings. The van der Waals surface area contributed by atoms with Crippen molar-refractivity contribution in [1.29, 1.82) is 5.26 Å². The summed E-state index contributed by atoms with van der Waals surface area (Å²) in [5.41, 5.74) is -0.730. The lowest BCUT2D eigenvalue weighted by molar-refractivity contribution is -0.137. The molecule has 0 saturated carbocycles. The zero-order chi connectivity index (χ0) is 18.4. The highest BCUT2D eigenvalue weighted by atomic mass is 19.4. The molecular formula is C17H14F4N2O2. The minimum Gasteiger partial charge on any atom is -0.491 e. The topological polar surface area (TPSA) is 65.3 Å². The van der Waals surface area contributed by atoms with Crippen molar-refractivity contribution in [3.63, 3.8) is 0 Å². The third-order valence-corrected chi connectivity index (χ3v) is 3.28. The summed E-state index contributed by atoms with van der Waals surface area (Å²) >= 11 is 0. The van der Waals surface area contributed by atoms with Crippen molar-refractivity contribution >= 4 is 5.69 Å². The molecule has 0 amide bonds. The Bertz CT molecular complexity index is 755. The van der Waals surface area contributed by atoms with Crippen LogP contribution < -0.4 is 10.1 Å². The predicted octanol–water partition coefficient (Wildman–Crippen LogP) is 3.57. The van der Waals surface area contributed by atoms with E-state index in [0.717, 1.165) is 30.3 Å². The second kappa shape index (κ2) is 7.85. The van der Waals surface area contributed by atoms with Crippen molar-refractivity contribution in [2.24, 2.45) is 0 Å². The molecule has 0 heterocycles.